The average molecular weight is 317 g/mol. The highest BCUT2D eigenvalue weighted by molar-refractivity contribution is 7.91. The van der Waals surface area contributed by atoms with Crippen molar-refractivity contribution in [2.45, 2.75) is 29.6 Å². The summed E-state index contributed by atoms with van der Waals surface area (Å²) in [6.07, 6.45) is 2.48. The van der Waals surface area contributed by atoms with Crippen molar-refractivity contribution in [3.8, 4) is 0 Å². The van der Waals surface area contributed by atoms with Gasteiger partial charge in [-0.15, -0.1) is 11.3 Å². The van der Waals surface area contributed by atoms with Gasteiger partial charge in [-0.05, 0) is 39.1 Å². The molecule has 0 unspecified atom stereocenters. The molecule has 1 saturated carbocycles. The average Bonchev–Trinajstić information content (AvgIpc) is 3.09. The molecule has 7 heteroatoms. The molecule has 1 aromatic heterocycles. The highest BCUT2D eigenvalue weighted by Crippen LogP contribution is 2.25. The molecule has 0 amide bonds. The summed E-state index contributed by atoms with van der Waals surface area (Å²) in [5, 5.41) is 3.40. The van der Waals surface area contributed by atoms with Crippen LogP contribution >= 0.6 is 11.3 Å². The van der Waals surface area contributed by atoms with Gasteiger partial charge in [0.25, 0.3) is 10.0 Å². The van der Waals surface area contributed by atoms with E-state index in [1.165, 1.54) is 28.5 Å². The molecule has 1 aliphatic rings. The third kappa shape index (κ3) is 4.26. The zero-order valence-corrected chi connectivity index (χ0v) is 13.9. The van der Waals surface area contributed by atoms with E-state index >= 15 is 0 Å². The second-order valence-corrected chi connectivity index (χ2v) is 8.95. The molecule has 0 aromatic carbocycles. The van der Waals surface area contributed by atoms with E-state index in [9.17, 15) is 8.42 Å². The van der Waals surface area contributed by atoms with E-state index in [0.29, 0.717) is 16.8 Å². The van der Waals surface area contributed by atoms with Crippen molar-refractivity contribution in [1.29, 1.82) is 0 Å². The number of nitrogens with one attached hydrogen (secondary N) is 1. The summed E-state index contributed by atoms with van der Waals surface area (Å²) in [6.45, 7) is 1.99. The zero-order chi connectivity index (χ0) is 14.8. The Kier molecular flexibility index (Phi) is 5.19. The van der Waals surface area contributed by atoms with Crippen LogP contribution in [0.25, 0.3) is 0 Å². The van der Waals surface area contributed by atoms with Gasteiger partial charge in [0.05, 0.1) is 0 Å². The molecule has 114 valence electrons. The van der Waals surface area contributed by atoms with E-state index in [1.807, 2.05) is 25.1 Å². The highest BCUT2D eigenvalue weighted by Gasteiger charge is 2.24. The fourth-order valence-electron chi connectivity index (χ4n) is 1.74. The number of thiophene rings is 1. The Morgan fingerprint density at radius 3 is 2.55 bits per heavy atom. The minimum atomic E-state index is -3.34. The Balaban J connectivity index is 1.96. The van der Waals surface area contributed by atoms with E-state index in [-0.39, 0.29) is 0 Å². The summed E-state index contributed by atoms with van der Waals surface area (Å²) in [5.41, 5.74) is 0. The van der Waals surface area contributed by atoms with Crippen LogP contribution in [-0.4, -0.2) is 57.9 Å². The molecule has 0 spiro atoms. The van der Waals surface area contributed by atoms with Crippen LogP contribution in [0, 0.1) is 0 Å². The summed E-state index contributed by atoms with van der Waals surface area (Å²) < 4.78 is 26.7. The smallest absolute Gasteiger partial charge is 0.252 e. The lowest BCUT2D eigenvalue weighted by Gasteiger charge is -2.18. The Hall–Kier alpha value is -0.470. The molecule has 0 aliphatic heterocycles. The molecular weight excluding hydrogens is 294 g/mol. The Bertz CT molecular complexity index is 536. The first-order valence-electron chi connectivity index (χ1n) is 6.83. The minimum absolute atomic E-state index is 0.436. The normalized spacial score (nSPS) is 16.2. The van der Waals surface area contributed by atoms with Crippen LogP contribution in [0.2, 0.25) is 0 Å². The highest BCUT2D eigenvalue weighted by atomic mass is 32.2. The van der Waals surface area contributed by atoms with Gasteiger partial charge < -0.3 is 10.2 Å². The van der Waals surface area contributed by atoms with E-state index in [1.54, 1.807) is 13.1 Å². The molecular formula is C13H23N3O2S2. The van der Waals surface area contributed by atoms with Crippen LogP contribution in [0.4, 0.5) is 0 Å². The lowest BCUT2D eigenvalue weighted by molar-refractivity contribution is 0.359. The minimum Gasteiger partial charge on any atom is -0.309 e. The molecule has 1 N–H and O–H groups in total. The largest absolute Gasteiger partial charge is 0.309 e. The lowest BCUT2D eigenvalue weighted by atomic mass is 10.4. The Labute approximate surface area is 125 Å². The van der Waals surface area contributed by atoms with Crippen molar-refractivity contribution < 1.29 is 8.42 Å². The Morgan fingerprint density at radius 2 is 1.95 bits per heavy atom. The Morgan fingerprint density at radius 1 is 1.25 bits per heavy atom. The van der Waals surface area contributed by atoms with Gasteiger partial charge in [-0.1, -0.05) is 0 Å². The van der Waals surface area contributed by atoms with Crippen LogP contribution in [0.1, 0.15) is 17.7 Å². The maximum Gasteiger partial charge on any atom is 0.252 e. The lowest BCUT2D eigenvalue weighted by Crippen LogP contribution is -2.33. The predicted octanol–water partition coefficient (Wildman–Crippen LogP) is 1.18. The molecule has 2 rings (SSSR count). The van der Waals surface area contributed by atoms with Gasteiger partial charge in [0, 0.05) is 37.6 Å². The van der Waals surface area contributed by atoms with Crippen molar-refractivity contribution in [2.75, 3.05) is 34.2 Å². The maximum atomic E-state index is 12.4. The molecule has 1 aromatic rings. The molecule has 5 nitrogen and oxygen atoms in total. The molecule has 0 radical (unpaired) electrons. The standard InChI is InChI=1S/C13H23N3O2S2/c1-15(2)8-9-16(3)20(17,18)13-7-6-12(19-13)10-14-11-4-5-11/h6-7,11,14H,4-5,8-10H2,1-3H3. The maximum absolute atomic E-state index is 12.4. The zero-order valence-electron chi connectivity index (χ0n) is 12.3. The quantitative estimate of drug-likeness (QED) is 0.782. The van der Waals surface area contributed by atoms with Crippen LogP contribution in [0.3, 0.4) is 0 Å². The first-order chi connectivity index (χ1) is 9.39. The SMILES string of the molecule is CN(C)CCN(C)S(=O)(=O)c1ccc(CNC2CC2)s1. The third-order valence-corrected chi connectivity index (χ3v) is 6.72. The summed E-state index contributed by atoms with van der Waals surface area (Å²) in [6, 6.07) is 4.27. The van der Waals surface area contributed by atoms with Gasteiger partial charge in [-0.3, -0.25) is 0 Å². The van der Waals surface area contributed by atoms with Crippen LogP contribution in [-0.2, 0) is 16.6 Å². The first-order valence-corrected chi connectivity index (χ1v) is 9.08. The van der Waals surface area contributed by atoms with Gasteiger partial charge >= 0.3 is 0 Å². The van der Waals surface area contributed by atoms with Crippen molar-refractivity contribution in [3.63, 3.8) is 0 Å². The topological polar surface area (TPSA) is 52.7 Å². The van der Waals surface area contributed by atoms with Crippen LogP contribution < -0.4 is 5.32 Å². The monoisotopic (exact) mass is 317 g/mol. The van der Waals surface area contributed by atoms with Gasteiger partial charge in [-0.2, -0.15) is 4.31 Å². The number of nitrogens with zero attached hydrogens (tertiary/aromatic N) is 2. The number of likely N-dealkylation sites (N-methyl/N-ethyl adjacent to an activating group) is 2. The van der Waals surface area contributed by atoms with E-state index < -0.39 is 10.0 Å². The molecule has 0 bridgehead atoms. The summed E-state index contributed by atoms with van der Waals surface area (Å²) >= 11 is 1.37. The number of hydrogen-bond donors (Lipinski definition) is 1. The number of hydrogen-bond acceptors (Lipinski definition) is 5. The molecule has 1 heterocycles. The number of sulfonamides is 1. The molecule has 0 saturated heterocycles. The predicted molar refractivity (Wildman–Crippen MR) is 82.6 cm³/mol. The van der Waals surface area contributed by atoms with Crippen molar-refractivity contribution in [2.24, 2.45) is 0 Å². The second kappa shape index (κ2) is 6.53. The first kappa shape index (κ1) is 15.9. The fourth-order valence-corrected chi connectivity index (χ4v) is 4.42. The van der Waals surface area contributed by atoms with Gasteiger partial charge in [0.1, 0.15) is 4.21 Å². The fraction of sp³-hybridized carbons (Fsp3) is 0.692. The van der Waals surface area contributed by atoms with E-state index in [0.717, 1.165) is 18.0 Å². The van der Waals surface area contributed by atoms with Gasteiger partial charge in [0.15, 0.2) is 0 Å². The van der Waals surface area contributed by atoms with E-state index in [2.05, 4.69) is 5.32 Å². The van der Waals surface area contributed by atoms with Gasteiger partial charge in [-0.25, -0.2) is 8.42 Å². The van der Waals surface area contributed by atoms with Crippen molar-refractivity contribution >= 4 is 21.4 Å². The van der Waals surface area contributed by atoms with Gasteiger partial charge in [0.2, 0.25) is 0 Å². The second-order valence-electron chi connectivity index (χ2n) is 5.51. The van der Waals surface area contributed by atoms with Crippen molar-refractivity contribution in [1.82, 2.24) is 14.5 Å². The van der Waals surface area contributed by atoms with E-state index in [4.69, 9.17) is 0 Å². The van der Waals surface area contributed by atoms with Crippen LogP contribution in [0.15, 0.2) is 16.3 Å². The molecule has 0 atom stereocenters. The van der Waals surface area contributed by atoms with Crippen molar-refractivity contribution in [3.05, 3.63) is 17.0 Å². The molecule has 1 fully saturated rings. The van der Waals surface area contributed by atoms with Crippen LogP contribution in [0.5, 0.6) is 0 Å². The third-order valence-electron chi connectivity index (χ3n) is 3.31. The molecule has 20 heavy (non-hydrogen) atoms. The summed E-state index contributed by atoms with van der Waals surface area (Å²) in [4.78, 5) is 3.06. The summed E-state index contributed by atoms with van der Waals surface area (Å²) in [5.74, 6) is 0. The summed E-state index contributed by atoms with van der Waals surface area (Å²) in [7, 11) is 2.18. The molecule has 1 aliphatic carbocycles. The number of rotatable bonds is 8.